The predicted molar refractivity (Wildman–Crippen MR) is 105 cm³/mol. The highest BCUT2D eigenvalue weighted by Gasteiger charge is 2.73. The Morgan fingerprint density at radius 3 is 2.34 bits per heavy atom. The minimum atomic E-state index is -2.96. The first-order valence-electron chi connectivity index (χ1n) is 8.27. The van der Waals surface area contributed by atoms with Gasteiger partial charge in [-0.2, -0.15) is 0 Å². The average molecular weight is 539 g/mol. The van der Waals surface area contributed by atoms with Crippen LogP contribution in [0.3, 0.4) is 0 Å². The maximum atomic E-state index is 12.5. The molecule has 0 aromatic carbocycles. The van der Waals surface area contributed by atoms with Crippen LogP contribution in [0.4, 0.5) is 0 Å². The Labute approximate surface area is 182 Å². The zero-order chi connectivity index (χ0) is 21.9. The zero-order valence-corrected chi connectivity index (χ0v) is 18.2. The van der Waals surface area contributed by atoms with E-state index in [1.54, 1.807) is 22.6 Å². The molecule has 3 rings (SSSR count). The molecule has 3 heterocycles. The van der Waals surface area contributed by atoms with Gasteiger partial charge in [-0.25, -0.2) is 15.0 Å². The third-order valence-electron chi connectivity index (χ3n) is 4.93. The summed E-state index contributed by atoms with van der Waals surface area (Å²) in [7, 11) is 0. The van der Waals surface area contributed by atoms with Crippen molar-refractivity contribution in [2.75, 3.05) is 0 Å². The van der Waals surface area contributed by atoms with E-state index in [2.05, 4.69) is 15.0 Å². The van der Waals surface area contributed by atoms with E-state index in [9.17, 15) is 29.7 Å². The van der Waals surface area contributed by atoms with E-state index in [0.29, 0.717) is 0 Å². The fourth-order valence-electron chi connectivity index (χ4n) is 3.40. The number of carbonyl (C=O) groups excluding carboxylic acids is 3. The number of fused-ring (bicyclic) bond motifs is 1. The third kappa shape index (κ3) is 3.00. The largest absolute Gasteiger partial charge is 0.386 e. The van der Waals surface area contributed by atoms with Crippen molar-refractivity contribution in [3.05, 3.63) is 15.3 Å². The van der Waals surface area contributed by atoms with Crippen LogP contribution in [0, 0.1) is 3.83 Å². The fourth-order valence-corrected chi connectivity index (χ4v) is 4.22. The highest BCUT2D eigenvalue weighted by molar-refractivity contribution is 14.1. The van der Waals surface area contributed by atoms with E-state index in [0.717, 1.165) is 31.7 Å². The van der Waals surface area contributed by atoms with Crippen molar-refractivity contribution in [3.8, 4) is 0 Å². The maximum Gasteiger partial charge on any atom is 0.207 e. The van der Waals surface area contributed by atoms with Gasteiger partial charge >= 0.3 is 0 Å². The Kier molecular flexibility index (Phi) is 5.55. The van der Waals surface area contributed by atoms with E-state index in [1.165, 1.54) is 0 Å². The zero-order valence-electron chi connectivity index (χ0n) is 15.3. The highest BCUT2D eigenvalue weighted by Crippen LogP contribution is 2.48. The van der Waals surface area contributed by atoms with Crippen molar-refractivity contribution >= 4 is 62.7 Å². The molecule has 11 nitrogen and oxygen atoms in total. The van der Waals surface area contributed by atoms with Crippen LogP contribution < -0.4 is 0 Å². The van der Waals surface area contributed by atoms with E-state index in [4.69, 9.17) is 16.3 Å². The topological polar surface area (TPSA) is 165 Å². The summed E-state index contributed by atoms with van der Waals surface area (Å²) in [4.78, 5) is 49.5. The van der Waals surface area contributed by atoms with Gasteiger partial charge in [0.2, 0.25) is 5.60 Å². The summed E-state index contributed by atoms with van der Waals surface area (Å²) >= 11 is 7.84. The molecular formula is C16H16ClIN4O7. The van der Waals surface area contributed by atoms with Crippen molar-refractivity contribution in [1.29, 1.82) is 0 Å². The number of nitrogens with zero attached hydrogens (tertiary/aromatic N) is 4. The number of hydrogen-bond acceptors (Lipinski definition) is 10. The van der Waals surface area contributed by atoms with Crippen LogP contribution in [-0.2, 0) is 19.1 Å². The van der Waals surface area contributed by atoms with Gasteiger partial charge in [-0.05, 0) is 20.8 Å². The van der Waals surface area contributed by atoms with Gasteiger partial charge in [0, 0.05) is 22.6 Å². The van der Waals surface area contributed by atoms with Crippen LogP contribution in [0.25, 0.3) is 11.2 Å². The summed E-state index contributed by atoms with van der Waals surface area (Å²) in [5.41, 5.74) is -5.70. The number of ether oxygens (including phenoxy) is 1. The number of aromatic nitrogens is 4. The molecule has 0 aliphatic carbocycles. The number of imidazole rings is 1. The van der Waals surface area contributed by atoms with Crippen molar-refractivity contribution in [2.45, 2.75) is 50.4 Å². The first-order chi connectivity index (χ1) is 13.4. The summed E-state index contributed by atoms with van der Waals surface area (Å²) in [6, 6.07) is 0. The highest BCUT2D eigenvalue weighted by atomic mass is 127. The summed E-state index contributed by atoms with van der Waals surface area (Å²) in [5, 5.41) is 32.1. The van der Waals surface area contributed by atoms with E-state index in [1.807, 2.05) is 0 Å². The quantitative estimate of drug-likeness (QED) is 0.258. The molecule has 0 saturated carbocycles. The van der Waals surface area contributed by atoms with Crippen LogP contribution in [0.2, 0.25) is 5.15 Å². The van der Waals surface area contributed by atoms with Gasteiger partial charge in [-0.3, -0.25) is 19.0 Å². The van der Waals surface area contributed by atoms with E-state index in [-0.39, 0.29) is 20.1 Å². The Morgan fingerprint density at radius 1 is 1.24 bits per heavy atom. The Morgan fingerprint density at radius 2 is 1.83 bits per heavy atom. The molecule has 1 unspecified atom stereocenters. The molecule has 29 heavy (non-hydrogen) atoms. The molecule has 1 aliphatic rings. The van der Waals surface area contributed by atoms with Gasteiger partial charge < -0.3 is 20.1 Å². The molecule has 0 bridgehead atoms. The second-order valence-electron chi connectivity index (χ2n) is 6.70. The molecule has 0 radical (unpaired) electrons. The lowest BCUT2D eigenvalue weighted by molar-refractivity contribution is -0.182. The molecule has 0 spiro atoms. The molecule has 3 N–H and O–H groups in total. The lowest BCUT2D eigenvalue weighted by Gasteiger charge is -2.36. The van der Waals surface area contributed by atoms with Gasteiger partial charge in [0.15, 0.2) is 49.9 Å². The van der Waals surface area contributed by atoms with Gasteiger partial charge in [0.1, 0.15) is 11.6 Å². The number of Topliss-reactive ketones (excluding diaryl/α,β-unsaturated/α-hetero) is 3. The Bertz CT molecular complexity index is 1040. The van der Waals surface area contributed by atoms with E-state index >= 15 is 0 Å². The smallest absolute Gasteiger partial charge is 0.207 e. The standard InChI is InChI=1S/C16H16ClIN4O7/c1-5(23)9(26)10-15(27,6(2)24)16(28,7(3)25)13(29-10)22-4-19-8-11(17)20-14(18)21-12(8)22/h4-5,10,13,23,27-28H,1-3H3/t5?,10-,13-,15-,16+/m1/s1. The summed E-state index contributed by atoms with van der Waals surface area (Å²) in [6.45, 7) is 2.94. The normalized spacial score (nSPS) is 30.5. The Hall–Kier alpha value is -1.58. The van der Waals surface area contributed by atoms with Crippen LogP contribution >= 0.6 is 34.2 Å². The maximum absolute atomic E-state index is 12.5. The average Bonchev–Trinajstić information content (AvgIpc) is 3.13. The second kappa shape index (κ2) is 7.28. The number of rotatable bonds is 5. The lowest BCUT2D eigenvalue weighted by atomic mass is 9.73. The number of carbonyl (C=O) groups is 3. The summed E-state index contributed by atoms with van der Waals surface area (Å²) < 4.78 is 6.83. The van der Waals surface area contributed by atoms with Crippen molar-refractivity contribution in [3.63, 3.8) is 0 Å². The number of halogens is 2. The minimum absolute atomic E-state index is 0.0130. The number of aliphatic hydroxyl groups excluding tert-OH is 1. The Balaban J connectivity index is 2.30. The molecule has 0 amide bonds. The van der Waals surface area contributed by atoms with Gasteiger partial charge in [-0.1, -0.05) is 11.6 Å². The van der Waals surface area contributed by atoms with Crippen molar-refractivity contribution in [1.82, 2.24) is 19.5 Å². The number of ketones is 3. The van der Waals surface area contributed by atoms with Gasteiger partial charge in [-0.15, -0.1) is 0 Å². The molecule has 2 aromatic heterocycles. The molecule has 156 valence electrons. The first-order valence-corrected chi connectivity index (χ1v) is 9.72. The van der Waals surface area contributed by atoms with Crippen LogP contribution in [0.1, 0.15) is 27.0 Å². The fraction of sp³-hybridized carbons (Fsp3) is 0.500. The summed E-state index contributed by atoms with van der Waals surface area (Å²) in [6.07, 6.45) is -4.31. The van der Waals surface area contributed by atoms with Gasteiger partial charge in [0.25, 0.3) is 0 Å². The first kappa shape index (κ1) is 22.1. The molecule has 13 heteroatoms. The van der Waals surface area contributed by atoms with E-state index < -0.39 is 47.0 Å². The summed E-state index contributed by atoms with van der Waals surface area (Å²) in [5.74, 6) is -3.22. The minimum Gasteiger partial charge on any atom is -0.386 e. The number of hydrogen-bond donors (Lipinski definition) is 3. The molecule has 1 fully saturated rings. The molecule has 1 saturated heterocycles. The lowest BCUT2D eigenvalue weighted by Crippen LogP contribution is -2.67. The molecular weight excluding hydrogens is 523 g/mol. The monoisotopic (exact) mass is 538 g/mol. The molecule has 2 aromatic rings. The van der Waals surface area contributed by atoms with Crippen molar-refractivity contribution in [2.24, 2.45) is 0 Å². The van der Waals surface area contributed by atoms with Gasteiger partial charge in [0.05, 0.1) is 6.33 Å². The van der Waals surface area contributed by atoms with Crippen LogP contribution in [0.5, 0.6) is 0 Å². The predicted octanol–water partition coefficient (Wildman–Crippen LogP) is -0.428. The van der Waals surface area contributed by atoms with Crippen molar-refractivity contribution < 1.29 is 34.4 Å². The third-order valence-corrected chi connectivity index (χ3v) is 5.68. The SMILES string of the molecule is CC(=O)[C@@]1(O)[C@@H](C(=O)C(C)O)O[C@@H](n2cnc3c(Cl)nc(I)nc32)[C@@]1(O)C(C)=O. The molecule has 5 atom stereocenters. The number of aliphatic hydroxyl groups is 3. The van der Waals surface area contributed by atoms with Crippen LogP contribution in [-0.4, -0.2) is 75.6 Å². The molecule has 1 aliphatic heterocycles. The van der Waals surface area contributed by atoms with Crippen LogP contribution in [0.15, 0.2) is 6.33 Å². The second-order valence-corrected chi connectivity index (χ2v) is 8.02.